The first-order valence-electron chi connectivity index (χ1n) is 4.09. The molecule has 0 aliphatic heterocycles. The Kier molecular flexibility index (Phi) is 19.4. The van der Waals surface area contributed by atoms with Crippen molar-refractivity contribution in [2.75, 3.05) is 33.0 Å². The molecular formula is C10H16O4. The van der Waals surface area contributed by atoms with Gasteiger partial charge in [0.15, 0.2) is 0 Å². The lowest BCUT2D eigenvalue weighted by Crippen LogP contribution is -2.01. The summed E-state index contributed by atoms with van der Waals surface area (Å²) in [7, 11) is 0. The van der Waals surface area contributed by atoms with E-state index in [1.54, 1.807) is 6.92 Å². The van der Waals surface area contributed by atoms with E-state index in [0.29, 0.717) is 19.8 Å². The Morgan fingerprint density at radius 3 is 2.29 bits per heavy atom. The summed E-state index contributed by atoms with van der Waals surface area (Å²) in [5.41, 5.74) is 0. The molecule has 0 radical (unpaired) electrons. The zero-order chi connectivity index (χ0) is 11.1. The highest BCUT2D eigenvalue weighted by atomic mass is 16.5. The van der Waals surface area contributed by atoms with Crippen molar-refractivity contribution >= 4 is 0 Å². The number of rotatable bonds is 5. The number of terminal acetylenes is 1. The normalized spacial score (nSPS) is 7.29. The van der Waals surface area contributed by atoms with Crippen LogP contribution < -0.4 is 0 Å². The van der Waals surface area contributed by atoms with Gasteiger partial charge in [-0.15, -0.1) is 6.42 Å². The molecule has 0 aliphatic rings. The molecule has 14 heavy (non-hydrogen) atoms. The Bertz CT molecular complexity index is 183. The Hall–Kier alpha value is -1.20. The maximum atomic E-state index is 7.62. The van der Waals surface area contributed by atoms with Crippen LogP contribution in [-0.4, -0.2) is 43.2 Å². The molecule has 0 spiro atoms. The molecule has 4 heteroatoms. The molecule has 4 nitrogen and oxygen atoms in total. The lowest BCUT2D eigenvalue weighted by Gasteiger charge is -1.96. The van der Waals surface area contributed by atoms with Gasteiger partial charge in [0.05, 0.1) is 19.8 Å². The molecule has 0 aromatic carbocycles. The van der Waals surface area contributed by atoms with Crippen molar-refractivity contribution in [2.24, 2.45) is 0 Å². The fraction of sp³-hybridized carbons (Fsp3) is 0.600. The van der Waals surface area contributed by atoms with E-state index in [1.807, 2.05) is 0 Å². The summed E-state index contributed by atoms with van der Waals surface area (Å²) in [6, 6.07) is 0. The highest BCUT2D eigenvalue weighted by Gasteiger charge is 1.82. The van der Waals surface area contributed by atoms with Gasteiger partial charge in [-0.2, -0.15) is 0 Å². The Morgan fingerprint density at radius 1 is 1.21 bits per heavy atom. The number of hydrogen-bond acceptors (Lipinski definition) is 4. The van der Waals surface area contributed by atoms with E-state index in [2.05, 4.69) is 17.9 Å². The van der Waals surface area contributed by atoms with Crippen LogP contribution >= 0.6 is 0 Å². The molecule has 0 rings (SSSR count). The third-order valence-corrected chi connectivity index (χ3v) is 0.789. The third kappa shape index (κ3) is 22.4. The van der Waals surface area contributed by atoms with E-state index in [1.165, 1.54) is 0 Å². The van der Waals surface area contributed by atoms with E-state index in [4.69, 9.17) is 26.1 Å². The van der Waals surface area contributed by atoms with Crippen molar-refractivity contribution in [1.29, 1.82) is 0 Å². The van der Waals surface area contributed by atoms with Crippen LogP contribution in [0.15, 0.2) is 0 Å². The third-order valence-electron chi connectivity index (χ3n) is 0.789. The zero-order valence-electron chi connectivity index (χ0n) is 8.32. The highest BCUT2D eigenvalue weighted by Crippen LogP contribution is 1.74. The lowest BCUT2D eigenvalue weighted by molar-refractivity contribution is 0.113. The topological polar surface area (TPSA) is 58.9 Å². The molecular weight excluding hydrogens is 184 g/mol. The van der Waals surface area contributed by atoms with Crippen LogP contribution in [0.1, 0.15) is 6.92 Å². The Balaban J connectivity index is 0. The summed E-state index contributed by atoms with van der Waals surface area (Å²) < 4.78 is 9.68. The first-order chi connectivity index (χ1) is 6.83. The summed E-state index contributed by atoms with van der Waals surface area (Å²) in [6.45, 7) is 2.77. The van der Waals surface area contributed by atoms with E-state index >= 15 is 0 Å². The van der Waals surface area contributed by atoms with Crippen molar-refractivity contribution in [3.05, 3.63) is 0 Å². The van der Waals surface area contributed by atoms with Gasteiger partial charge in [0, 0.05) is 6.92 Å². The van der Waals surface area contributed by atoms with Gasteiger partial charge in [0.1, 0.15) is 19.3 Å². The van der Waals surface area contributed by atoms with Crippen molar-refractivity contribution in [2.45, 2.75) is 6.92 Å². The maximum Gasteiger partial charge on any atom is 0.123 e. The van der Waals surface area contributed by atoms with Crippen molar-refractivity contribution in [3.8, 4) is 24.4 Å². The lowest BCUT2D eigenvalue weighted by atomic mass is 10.7. The molecule has 0 unspecified atom stereocenters. The molecule has 0 fully saturated rings. The minimum absolute atomic E-state index is 0.125. The number of hydrogen-bond donors (Lipinski definition) is 2. The Labute approximate surface area is 84.8 Å². The van der Waals surface area contributed by atoms with Gasteiger partial charge in [-0.3, -0.25) is 0 Å². The minimum Gasteiger partial charge on any atom is -0.444 e. The van der Waals surface area contributed by atoms with Crippen LogP contribution in [0.5, 0.6) is 0 Å². The second-order valence-electron chi connectivity index (χ2n) is 1.90. The van der Waals surface area contributed by atoms with E-state index < -0.39 is 0 Å². The maximum absolute atomic E-state index is 7.62. The predicted octanol–water partition coefficient (Wildman–Crippen LogP) is -0.395. The fourth-order valence-electron chi connectivity index (χ4n) is 0.355. The van der Waals surface area contributed by atoms with Gasteiger partial charge in [-0.05, 0) is 0 Å². The number of aliphatic hydroxyl groups is 2. The van der Waals surface area contributed by atoms with Crippen LogP contribution in [0.4, 0.5) is 0 Å². The van der Waals surface area contributed by atoms with Crippen LogP contribution in [-0.2, 0) is 9.47 Å². The predicted molar refractivity (Wildman–Crippen MR) is 53.2 cm³/mol. The molecule has 2 N–H and O–H groups in total. The molecule has 0 heterocycles. The van der Waals surface area contributed by atoms with Crippen LogP contribution in [0, 0.1) is 24.4 Å². The quantitative estimate of drug-likeness (QED) is 0.468. The average molecular weight is 200 g/mol. The molecule has 0 aliphatic carbocycles. The SMILES string of the molecule is C#CCOCCOC#CC.OCCO. The van der Waals surface area contributed by atoms with Crippen molar-refractivity contribution in [3.63, 3.8) is 0 Å². The second-order valence-corrected chi connectivity index (χ2v) is 1.90. The smallest absolute Gasteiger partial charge is 0.123 e. The van der Waals surface area contributed by atoms with E-state index in [9.17, 15) is 0 Å². The molecule has 80 valence electrons. The molecule has 0 amide bonds. The molecule has 0 atom stereocenters. The first kappa shape index (κ1) is 15.3. The van der Waals surface area contributed by atoms with Gasteiger partial charge in [0.25, 0.3) is 0 Å². The first-order valence-corrected chi connectivity index (χ1v) is 4.09. The summed E-state index contributed by atoms with van der Waals surface area (Å²) in [5, 5.41) is 15.2. The summed E-state index contributed by atoms with van der Waals surface area (Å²) >= 11 is 0. The summed E-state index contributed by atoms with van der Waals surface area (Å²) in [4.78, 5) is 0. The number of ether oxygens (including phenoxy) is 2. The fourth-order valence-corrected chi connectivity index (χ4v) is 0.355. The van der Waals surface area contributed by atoms with E-state index in [-0.39, 0.29) is 13.2 Å². The van der Waals surface area contributed by atoms with Crippen LogP contribution in [0.3, 0.4) is 0 Å². The molecule has 0 aromatic rings. The molecule has 0 saturated carbocycles. The van der Waals surface area contributed by atoms with Crippen LogP contribution in [0.25, 0.3) is 0 Å². The van der Waals surface area contributed by atoms with Gasteiger partial charge in [-0.1, -0.05) is 11.8 Å². The highest BCUT2D eigenvalue weighted by molar-refractivity contribution is 4.85. The van der Waals surface area contributed by atoms with Gasteiger partial charge < -0.3 is 19.7 Å². The minimum atomic E-state index is -0.125. The second kappa shape index (κ2) is 17.8. The zero-order valence-corrected chi connectivity index (χ0v) is 8.32. The standard InChI is InChI=1S/C8H10O2.C2H6O2/c1-3-5-9-7-8-10-6-4-2;3-1-2-4/h1H,5,7-8H2,2H3;3-4H,1-2H2. The monoisotopic (exact) mass is 200 g/mol. The van der Waals surface area contributed by atoms with Crippen molar-refractivity contribution in [1.82, 2.24) is 0 Å². The Morgan fingerprint density at radius 2 is 1.86 bits per heavy atom. The summed E-state index contributed by atoms with van der Waals surface area (Å²) in [5.74, 6) is 4.94. The van der Waals surface area contributed by atoms with E-state index in [0.717, 1.165) is 0 Å². The van der Waals surface area contributed by atoms with Gasteiger partial charge in [-0.25, -0.2) is 0 Å². The number of aliphatic hydroxyl groups excluding tert-OH is 2. The molecule has 0 aromatic heterocycles. The van der Waals surface area contributed by atoms with Crippen LogP contribution in [0.2, 0.25) is 0 Å². The van der Waals surface area contributed by atoms with Gasteiger partial charge >= 0.3 is 0 Å². The average Bonchev–Trinajstić information content (AvgIpc) is 2.24. The molecule has 0 saturated heterocycles. The van der Waals surface area contributed by atoms with Gasteiger partial charge in [0.2, 0.25) is 0 Å². The largest absolute Gasteiger partial charge is 0.444 e. The summed E-state index contributed by atoms with van der Waals surface area (Å²) in [6.07, 6.45) is 7.37. The molecule has 0 bridgehead atoms. The van der Waals surface area contributed by atoms with Crippen molar-refractivity contribution < 1.29 is 19.7 Å².